The van der Waals surface area contributed by atoms with Crippen molar-refractivity contribution < 1.29 is 9.53 Å². The predicted octanol–water partition coefficient (Wildman–Crippen LogP) is 4.16. The quantitative estimate of drug-likeness (QED) is 0.898. The van der Waals surface area contributed by atoms with E-state index in [-0.39, 0.29) is 18.1 Å². The van der Waals surface area contributed by atoms with E-state index in [0.29, 0.717) is 5.56 Å². The van der Waals surface area contributed by atoms with Crippen molar-refractivity contribution in [1.82, 2.24) is 4.90 Å². The molecule has 0 saturated carbocycles. The molecule has 2 aromatic rings. The summed E-state index contributed by atoms with van der Waals surface area (Å²) in [4.78, 5) is 14.9. The molecule has 1 fully saturated rings. The number of carbonyl (C=O) groups is 1. The molecule has 0 spiro atoms. The van der Waals surface area contributed by atoms with E-state index >= 15 is 0 Å². The Balaban J connectivity index is 1.63. The first-order valence-electron chi connectivity index (χ1n) is 9.26. The monoisotopic (exact) mass is 352 g/mol. The minimum atomic E-state index is -0.0705. The number of benzene rings is 2. The molecule has 1 aliphatic rings. The zero-order valence-electron chi connectivity index (χ0n) is 16.1. The number of amides is 1. The Kier molecular flexibility index (Phi) is 5.74. The van der Waals surface area contributed by atoms with E-state index in [1.165, 1.54) is 11.1 Å². The summed E-state index contributed by atoms with van der Waals surface area (Å²) in [6.07, 6.45) is 0.530. The second kappa shape index (κ2) is 8.02. The maximum atomic E-state index is 12.5. The number of aryl methyl sites for hydroxylation is 1. The van der Waals surface area contributed by atoms with Crippen LogP contribution in [-0.4, -0.2) is 36.1 Å². The lowest BCUT2D eigenvalue weighted by Crippen LogP contribution is -2.44. The second-order valence-corrected chi connectivity index (χ2v) is 7.35. The van der Waals surface area contributed by atoms with Crippen LogP contribution in [0.4, 0.5) is 5.69 Å². The third-order valence-corrected chi connectivity index (χ3v) is 4.97. The van der Waals surface area contributed by atoms with Crippen molar-refractivity contribution in [3.63, 3.8) is 0 Å². The number of anilines is 1. The van der Waals surface area contributed by atoms with E-state index in [0.717, 1.165) is 30.9 Å². The molecule has 26 heavy (non-hydrogen) atoms. The zero-order valence-corrected chi connectivity index (χ0v) is 16.1. The molecule has 0 bridgehead atoms. The Labute approximate surface area is 156 Å². The van der Waals surface area contributed by atoms with Gasteiger partial charge in [-0.15, -0.1) is 0 Å². The molecule has 1 saturated heterocycles. The molecular weight excluding hydrogens is 324 g/mol. The minimum absolute atomic E-state index is 0.0705. The van der Waals surface area contributed by atoms with Crippen LogP contribution in [0.3, 0.4) is 0 Å². The first-order valence-corrected chi connectivity index (χ1v) is 9.26. The van der Waals surface area contributed by atoms with Crippen LogP contribution in [0.25, 0.3) is 0 Å². The van der Waals surface area contributed by atoms with Crippen LogP contribution >= 0.6 is 0 Å². The number of hydrogen-bond acceptors (Lipinski definition) is 3. The lowest BCUT2D eigenvalue weighted by Gasteiger charge is -2.35. The summed E-state index contributed by atoms with van der Waals surface area (Å²) in [5, 5.41) is 3.01. The van der Waals surface area contributed by atoms with Gasteiger partial charge >= 0.3 is 0 Å². The van der Waals surface area contributed by atoms with Crippen molar-refractivity contribution in [1.29, 1.82) is 0 Å². The maximum Gasteiger partial charge on any atom is 0.255 e. The Hall–Kier alpha value is -2.17. The van der Waals surface area contributed by atoms with Gasteiger partial charge in [-0.1, -0.05) is 24.3 Å². The third-order valence-electron chi connectivity index (χ3n) is 4.97. The summed E-state index contributed by atoms with van der Waals surface area (Å²) in [6, 6.07) is 13.9. The zero-order chi connectivity index (χ0) is 18.7. The fourth-order valence-electron chi connectivity index (χ4n) is 3.51. The van der Waals surface area contributed by atoms with Gasteiger partial charge < -0.3 is 10.1 Å². The molecule has 3 rings (SSSR count). The van der Waals surface area contributed by atoms with E-state index in [1.54, 1.807) is 0 Å². The highest BCUT2D eigenvalue weighted by Gasteiger charge is 2.22. The van der Waals surface area contributed by atoms with E-state index in [2.05, 4.69) is 24.1 Å². The largest absolute Gasteiger partial charge is 0.373 e. The van der Waals surface area contributed by atoms with E-state index in [1.807, 2.05) is 56.3 Å². The summed E-state index contributed by atoms with van der Waals surface area (Å²) in [5.41, 5.74) is 5.04. The molecule has 2 atom stereocenters. The Morgan fingerprint density at radius 1 is 1.08 bits per heavy atom. The van der Waals surface area contributed by atoms with Crippen LogP contribution in [0.5, 0.6) is 0 Å². The van der Waals surface area contributed by atoms with Crippen molar-refractivity contribution in [2.75, 3.05) is 18.4 Å². The number of carbonyl (C=O) groups excluding carboxylic acids is 1. The molecule has 2 aromatic carbocycles. The van der Waals surface area contributed by atoms with Crippen LogP contribution in [0, 0.1) is 13.8 Å². The molecule has 4 nitrogen and oxygen atoms in total. The molecular formula is C22H28N2O2. The number of nitrogens with zero attached hydrogens (tertiary/aromatic N) is 1. The third kappa shape index (κ3) is 4.51. The van der Waals surface area contributed by atoms with Crippen LogP contribution < -0.4 is 5.32 Å². The lowest BCUT2D eigenvalue weighted by atomic mass is 10.1. The van der Waals surface area contributed by atoms with Crippen molar-refractivity contribution in [3.05, 3.63) is 64.7 Å². The predicted molar refractivity (Wildman–Crippen MR) is 106 cm³/mol. The SMILES string of the molecule is Cc1cccc(NC(=O)c2ccc(CN3CC(C)OC(C)C3)cc2)c1C. The van der Waals surface area contributed by atoms with Crippen molar-refractivity contribution in [3.8, 4) is 0 Å². The van der Waals surface area contributed by atoms with Crippen LogP contribution in [0.2, 0.25) is 0 Å². The normalized spacial score (nSPS) is 20.8. The number of rotatable bonds is 4. The molecule has 1 aliphatic heterocycles. The molecule has 1 amide bonds. The first-order chi connectivity index (χ1) is 12.4. The Morgan fingerprint density at radius 3 is 2.38 bits per heavy atom. The smallest absolute Gasteiger partial charge is 0.255 e. The highest BCUT2D eigenvalue weighted by atomic mass is 16.5. The molecule has 4 heteroatoms. The van der Waals surface area contributed by atoms with E-state index in [9.17, 15) is 4.79 Å². The summed E-state index contributed by atoms with van der Waals surface area (Å²) in [6.45, 7) is 11.1. The number of morpholine rings is 1. The summed E-state index contributed by atoms with van der Waals surface area (Å²) in [7, 11) is 0. The fraction of sp³-hybridized carbons (Fsp3) is 0.409. The van der Waals surface area contributed by atoms with Crippen molar-refractivity contribution >= 4 is 11.6 Å². The van der Waals surface area contributed by atoms with Gasteiger partial charge in [-0.25, -0.2) is 0 Å². The van der Waals surface area contributed by atoms with Gasteiger partial charge in [0.1, 0.15) is 0 Å². The topological polar surface area (TPSA) is 41.6 Å². The Morgan fingerprint density at radius 2 is 1.73 bits per heavy atom. The Bertz CT molecular complexity index is 760. The second-order valence-electron chi connectivity index (χ2n) is 7.35. The van der Waals surface area contributed by atoms with Gasteiger partial charge in [-0.2, -0.15) is 0 Å². The molecule has 0 aliphatic carbocycles. The first kappa shape index (κ1) is 18.6. The van der Waals surface area contributed by atoms with Gasteiger partial charge in [0.05, 0.1) is 12.2 Å². The van der Waals surface area contributed by atoms with Crippen molar-refractivity contribution in [2.24, 2.45) is 0 Å². The lowest BCUT2D eigenvalue weighted by molar-refractivity contribution is -0.0704. The molecule has 138 valence electrons. The molecule has 1 heterocycles. The van der Waals surface area contributed by atoms with Gasteiger partial charge in [0.25, 0.3) is 5.91 Å². The molecule has 2 unspecified atom stereocenters. The van der Waals surface area contributed by atoms with E-state index < -0.39 is 0 Å². The highest BCUT2D eigenvalue weighted by molar-refractivity contribution is 6.04. The summed E-state index contributed by atoms with van der Waals surface area (Å²) < 4.78 is 5.78. The van der Waals surface area contributed by atoms with Crippen LogP contribution in [0.1, 0.15) is 40.9 Å². The van der Waals surface area contributed by atoms with Crippen molar-refractivity contribution in [2.45, 2.75) is 46.4 Å². The molecule has 0 aromatic heterocycles. The molecule has 1 N–H and O–H groups in total. The van der Waals surface area contributed by atoms with Crippen LogP contribution in [0.15, 0.2) is 42.5 Å². The standard InChI is InChI=1S/C22H28N2O2/c1-15-6-5-7-21(18(15)4)23-22(25)20-10-8-19(9-11-20)14-24-12-16(2)26-17(3)13-24/h5-11,16-17H,12-14H2,1-4H3,(H,23,25). The van der Waals surface area contributed by atoms with Gasteiger partial charge in [0, 0.05) is 30.9 Å². The average molecular weight is 352 g/mol. The summed E-state index contributed by atoms with van der Waals surface area (Å²) in [5.74, 6) is -0.0705. The highest BCUT2D eigenvalue weighted by Crippen LogP contribution is 2.19. The molecule has 0 radical (unpaired) electrons. The van der Waals surface area contributed by atoms with Gasteiger partial charge in [-0.3, -0.25) is 9.69 Å². The van der Waals surface area contributed by atoms with Gasteiger partial charge in [0.2, 0.25) is 0 Å². The summed E-state index contributed by atoms with van der Waals surface area (Å²) >= 11 is 0. The minimum Gasteiger partial charge on any atom is -0.373 e. The maximum absolute atomic E-state index is 12.5. The number of ether oxygens (including phenoxy) is 1. The number of hydrogen-bond donors (Lipinski definition) is 1. The van der Waals surface area contributed by atoms with Gasteiger partial charge in [0.15, 0.2) is 0 Å². The van der Waals surface area contributed by atoms with Crippen LogP contribution in [-0.2, 0) is 11.3 Å². The van der Waals surface area contributed by atoms with Gasteiger partial charge in [-0.05, 0) is 62.6 Å². The average Bonchev–Trinajstić information content (AvgIpc) is 2.58. The fourth-order valence-corrected chi connectivity index (χ4v) is 3.51. The number of nitrogens with one attached hydrogen (secondary N) is 1. The van der Waals surface area contributed by atoms with E-state index in [4.69, 9.17) is 4.74 Å².